The van der Waals surface area contributed by atoms with Gasteiger partial charge in [0.05, 0.1) is 30.0 Å². The zero-order valence-electron chi connectivity index (χ0n) is 11.2. The Morgan fingerprint density at radius 2 is 1.80 bits per heavy atom. The third kappa shape index (κ3) is 2.67. The van der Waals surface area contributed by atoms with Crippen LogP contribution in [0.4, 0.5) is 0 Å². The molecule has 0 radical (unpaired) electrons. The maximum Gasteiger partial charge on any atom is 0.119 e. The molecule has 2 aromatic carbocycles. The smallest absolute Gasteiger partial charge is 0.119 e. The Hall–Kier alpha value is -2.68. The molecule has 3 nitrogen and oxygen atoms in total. The summed E-state index contributed by atoms with van der Waals surface area (Å²) in [6.45, 7) is 0. The van der Waals surface area contributed by atoms with E-state index in [-0.39, 0.29) is 0 Å². The van der Waals surface area contributed by atoms with E-state index in [4.69, 9.17) is 4.74 Å². The Balaban J connectivity index is 1.89. The van der Waals surface area contributed by atoms with E-state index in [0.717, 1.165) is 28.0 Å². The molecule has 0 bridgehead atoms. The second-order valence-corrected chi connectivity index (χ2v) is 4.39. The summed E-state index contributed by atoms with van der Waals surface area (Å²) in [5.41, 5.74) is 3.72. The van der Waals surface area contributed by atoms with E-state index in [0.29, 0.717) is 0 Å². The van der Waals surface area contributed by atoms with Crippen molar-refractivity contribution in [3.05, 3.63) is 66.0 Å². The first-order valence-corrected chi connectivity index (χ1v) is 6.39. The molecule has 98 valence electrons. The lowest BCUT2D eigenvalue weighted by Crippen LogP contribution is -1.86. The predicted molar refractivity (Wildman–Crippen MR) is 81.5 cm³/mol. The van der Waals surface area contributed by atoms with E-state index in [1.807, 2.05) is 60.7 Å². The Morgan fingerprint density at radius 3 is 2.65 bits per heavy atom. The highest BCUT2D eigenvalue weighted by Gasteiger charge is 1.96. The second-order valence-electron chi connectivity index (χ2n) is 4.39. The number of nitrogens with zero attached hydrogens (tertiary/aromatic N) is 2. The largest absolute Gasteiger partial charge is 0.497 e. The monoisotopic (exact) mass is 262 g/mol. The van der Waals surface area contributed by atoms with Crippen LogP contribution >= 0.6 is 0 Å². The van der Waals surface area contributed by atoms with E-state index in [9.17, 15) is 0 Å². The highest BCUT2D eigenvalue weighted by atomic mass is 16.5. The number of ether oxygens (including phenoxy) is 1. The molecule has 3 rings (SSSR count). The van der Waals surface area contributed by atoms with Crippen molar-refractivity contribution in [1.82, 2.24) is 9.97 Å². The highest BCUT2D eigenvalue weighted by Crippen LogP contribution is 2.15. The maximum absolute atomic E-state index is 5.20. The molecule has 0 fully saturated rings. The van der Waals surface area contributed by atoms with Crippen molar-refractivity contribution in [1.29, 1.82) is 0 Å². The van der Waals surface area contributed by atoms with Crippen LogP contribution in [-0.2, 0) is 0 Å². The average Bonchev–Trinajstić information content (AvgIpc) is 2.53. The van der Waals surface area contributed by atoms with Crippen LogP contribution in [0.3, 0.4) is 0 Å². The highest BCUT2D eigenvalue weighted by molar-refractivity contribution is 5.76. The molecule has 3 aromatic rings. The topological polar surface area (TPSA) is 35.0 Å². The summed E-state index contributed by atoms with van der Waals surface area (Å²) in [7, 11) is 1.66. The molecule has 0 aliphatic carbocycles. The van der Waals surface area contributed by atoms with Gasteiger partial charge in [-0.05, 0) is 35.9 Å². The molecule has 1 aromatic heterocycles. The third-order valence-corrected chi connectivity index (χ3v) is 3.01. The van der Waals surface area contributed by atoms with Gasteiger partial charge < -0.3 is 4.74 Å². The molecule has 0 aliphatic heterocycles. The number of benzene rings is 2. The average molecular weight is 262 g/mol. The third-order valence-electron chi connectivity index (χ3n) is 3.01. The van der Waals surface area contributed by atoms with Gasteiger partial charge in [-0.3, -0.25) is 4.98 Å². The summed E-state index contributed by atoms with van der Waals surface area (Å²) >= 11 is 0. The van der Waals surface area contributed by atoms with Gasteiger partial charge in [-0.15, -0.1) is 0 Å². The van der Waals surface area contributed by atoms with Crippen LogP contribution in [0.25, 0.3) is 23.2 Å². The summed E-state index contributed by atoms with van der Waals surface area (Å²) in [5.74, 6) is 0.844. The zero-order valence-corrected chi connectivity index (χ0v) is 11.2. The molecule has 0 spiro atoms. The minimum Gasteiger partial charge on any atom is -0.497 e. The van der Waals surface area contributed by atoms with Crippen molar-refractivity contribution in [2.75, 3.05) is 7.11 Å². The van der Waals surface area contributed by atoms with Gasteiger partial charge in [-0.1, -0.05) is 30.3 Å². The molecule has 0 unspecified atom stereocenters. The molecule has 0 amide bonds. The lowest BCUT2D eigenvalue weighted by molar-refractivity contribution is 0.414. The summed E-state index contributed by atoms with van der Waals surface area (Å²) in [6.07, 6.45) is 5.73. The minimum absolute atomic E-state index is 0.839. The number of methoxy groups -OCH3 is 1. The number of rotatable bonds is 3. The van der Waals surface area contributed by atoms with Crippen LogP contribution in [0.5, 0.6) is 5.75 Å². The van der Waals surface area contributed by atoms with Gasteiger partial charge in [0.2, 0.25) is 0 Å². The maximum atomic E-state index is 5.20. The minimum atomic E-state index is 0.839. The SMILES string of the molecule is COc1cccc(C=Cc2cnc3ccccc3n2)c1. The molecular formula is C17H14N2O. The van der Waals surface area contributed by atoms with Gasteiger partial charge in [-0.25, -0.2) is 4.98 Å². The first-order valence-electron chi connectivity index (χ1n) is 6.39. The molecule has 0 N–H and O–H groups in total. The molecule has 0 atom stereocenters. The van der Waals surface area contributed by atoms with Crippen LogP contribution in [0.1, 0.15) is 11.3 Å². The summed E-state index contributed by atoms with van der Waals surface area (Å²) in [6, 6.07) is 15.7. The number of aromatic nitrogens is 2. The van der Waals surface area contributed by atoms with Crippen molar-refractivity contribution in [2.45, 2.75) is 0 Å². The Bertz CT molecular complexity index is 766. The number of para-hydroxylation sites is 2. The first-order chi connectivity index (χ1) is 9.85. The molecule has 3 heteroatoms. The fraction of sp³-hybridized carbons (Fsp3) is 0.0588. The zero-order chi connectivity index (χ0) is 13.8. The molecule has 0 saturated heterocycles. The summed E-state index contributed by atoms with van der Waals surface area (Å²) in [4.78, 5) is 8.94. The Morgan fingerprint density at radius 1 is 0.950 bits per heavy atom. The van der Waals surface area contributed by atoms with Gasteiger partial charge in [0, 0.05) is 0 Å². The normalized spacial score (nSPS) is 11.1. The molecule has 20 heavy (non-hydrogen) atoms. The van der Waals surface area contributed by atoms with Crippen LogP contribution in [0.2, 0.25) is 0 Å². The molecule has 0 saturated carbocycles. The van der Waals surface area contributed by atoms with Crippen molar-refractivity contribution >= 4 is 23.2 Å². The summed E-state index contributed by atoms with van der Waals surface area (Å²) < 4.78 is 5.20. The number of hydrogen-bond acceptors (Lipinski definition) is 3. The fourth-order valence-electron chi connectivity index (χ4n) is 1.98. The second kappa shape index (κ2) is 5.53. The van der Waals surface area contributed by atoms with E-state index >= 15 is 0 Å². The number of hydrogen-bond donors (Lipinski definition) is 0. The standard InChI is InChI=1S/C17H14N2O/c1-20-15-6-4-5-13(11-15)9-10-14-12-18-16-7-2-3-8-17(16)19-14/h2-12H,1H3. The van der Waals surface area contributed by atoms with E-state index in [1.165, 1.54) is 0 Å². The van der Waals surface area contributed by atoms with Crippen LogP contribution in [0.15, 0.2) is 54.7 Å². The Kier molecular flexibility index (Phi) is 3.42. The quantitative estimate of drug-likeness (QED) is 0.720. The Labute approximate surface area is 117 Å². The van der Waals surface area contributed by atoms with E-state index in [2.05, 4.69) is 9.97 Å². The van der Waals surface area contributed by atoms with Crippen molar-refractivity contribution in [2.24, 2.45) is 0 Å². The van der Waals surface area contributed by atoms with Gasteiger partial charge >= 0.3 is 0 Å². The van der Waals surface area contributed by atoms with Crippen molar-refractivity contribution in [3.63, 3.8) is 0 Å². The molecule has 1 heterocycles. The van der Waals surface area contributed by atoms with Crippen molar-refractivity contribution in [3.8, 4) is 5.75 Å². The van der Waals surface area contributed by atoms with Gasteiger partial charge in [0.25, 0.3) is 0 Å². The fourth-order valence-corrected chi connectivity index (χ4v) is 1.98. The van der Waals surface area contributed by atoms with Crippen LogP contribution in [-0.4, -0.2) is 17.1 Å². The van der Waals surface area contributed by atoms with Crippen LogP contribution in [0, 0.1) is 0 Å². The molecule has 0 aliphatic rings. The molecular weight excluding hydrogens is 248 g/mol. The van der Waals surface area contributed by atoms with Crippen LogP contribution < -0.4 is 4.74 Å². The first kappa shape index (κ1) is 12.4. The van der Waals surface area contributed by atoms with Crippen molar-refractivity contribution < 1.29 is 4.74 Å². The van der Waals surface area contributed by atoms with Gasteiger partial charge in [-0.2, -0.15) is 0 Å². The number of fused-ring (bicyclic) bond motifs is 1. The van der Waals surface area contributed by atoms with E-state index < -0.39 is 0 Å². The lowest BCUT2D eigenvalue weighted by Gasteiger charge is -2.00. The van der Waals surface area contributed by atoms with Gasteiger partial charge in [0.1, 0.15) is 5.75 Å². The predicted octanol–water partition coefficient (Wildman–Crippen LogP) is 3.81. The van der Waals surface area contributed by atoms with Gasteiger partial charge in [0.15, 0.2) is 0 Å². The van der Waals surface area contributed by atoms with E-state index in [1.54, 1.807) is 13.3 Å². The summed E-state index contributed by atoms with van der Waals surface area (Å²) in [5, 5.41) is 0. The lowest BCUT2D eigenvalue weighted by atomic mass is 10.2.